The van der Waals surface area contributed by atoms with Gasteiger partial charge in [0.15, 0.2) is 0 Å². The van der Waals surface area contributed by atoms with Gasteiger partial charge in [0.25, 0.3) is 0 Å². The molecule has 0 unspecified atom stereocenters. The molecule has 2 saturated heterocycles. The molecule has 0 aromatic rings. The van der Waals surface area contributed by atoms with E-state index < -0.39 is 0 Å². The van der Waals surface area contributed by atoms with Gasteiger partial charge in [-0.2, -0.15) is 0 Å². The third-order valence-corrected chi connectivity index (χ3v) is 3.52. The van der Waals surface area contributed by atoms with E-state index in [4.69, 9.17) is 4.74 Å². The largest absolute Gasteiger partial charge is 0.441 e. The van der Waals surface area contributed by atoms with Crippen LogP contribution in [0.3, 0.4) is 0 Å². The summed E-state index contributed by atoms with van der Waals surface area (Å²) in [5, 5.41) is 0. The lowest BCUT2D eigenvalue weighted by molar-refractivity contribution is 0.00654. The summed E-state index contributed by atoms with van der Waals surface area (Å²) >= 11 is 0. The van der Waals surface area contributed by atoms with Crippen molar-refractivity contribution in [3.05, 3.63) is 0 Å². The zero-order chi connectivity index (χ0) is 11.1. The second-order valence-corrected chi connectivity index (χ2v) is 5.08. The zero-order valence-electron chi connectivity index (χ0n) is 9.82. The Labute approximate surface area is 91.2 Å². The van der Waals surface area contributed by atoms with Crippen molar-refractivity contribution in [1.82, 2.24) is 9.80 Å². The minimum Gasteiger partial charge on any atom is -0.441 e. The van der Waals surface area contributed by atoms with Crippen LogP contribution in [-0.4, -0.2) is 54.2 Å². The van der Waals surface area contributed by atoms with Gasteiger partial charge in [0, 0.05) is 32.0 Å². The van der Waals surface area contributed by atoms with E-state index in [1.54, 1.807) is 0 Å². The number of carbonyl (C=O) groups excluding carboxylic acids is 1. The summed E-state index contributed by atoms with van der Waals surface area (Å²) in [5.74, 6) is 0. The lowest BCUT2D eigenvalue weighted by Crippen LogP contribution is -2.46. The van der Waals surface area contributed by atoms with E-state index in [0.717, 1.165) is 32.5 Å². The molecule has 0 aliphatic carbocycles. The number of carbonyl (C=O) groups is 1. The molecule has 86 valence electrons. The average molecular weight is 212 g/mol. The topological polar surface area (TPSA) is 32.8 Å². The molecular weight excluding hydrogens is 192 g/mol. The van der Waals surface area contributed by atoms with Crippen LogP contribution in [0.1, 0.15) is 26.7 Å². The maximum atomic E-state index is 11.7. The first kappa shape index (κ1) is 10.7. The number of likely N-dealkylation sites (tertiary alicyclic amines) is 1. The molecule has 0 atom stereocenters. The Morgan fingerprint density at radius 2 is 1.93 bits per heavy atom. The van der Waals surface area contributed by atoms with Crippen LogP contribution in [0.2, 0.25) is 0 Å². The Balaban J connectivity index is 2.04. The van der Waals surface area contributed by atoms with Gasteiger partial charge in [-0.3, -0.25) is 0 Å². The SMILES string of the molecule is CC(C)N1CC2(CCN(C)CC2)OC1=O. The maximum Gasteiger partial charge on any atom is 0.410 e. The van der Waals surface area contributed by atoms with Crippen LogP contribution in [0.5, 0.6) is 0 Å². The van der Waals surface area contributed by atoms with Crippen LogP contribution in [0.25, 0.3) is 0 Å². The normalized spacial score (nSPS) is 26.4. The quantitative estimate of drug-likeness (QED) is 0.657. The molecule has 4 heteroatoms. The van der Waals surface area contributed by atoms with Crippen LogP contribution < -0.4 is 0 Å². The molecule has 2 heterocycles. The first-order valence-corrected chi connectivity index (χ1v) is 5.71. The number of nitrogens with zero attached hydrogens (tertiary/aromatic N) is 2. The molecule has 0 bridgehead atoms. The van der Waals surface area contributed by atoms with Gasteiger partial charge in [-0.1, -0.05) is 0 Å². The number of piperidine rings is 1. The lowest BCUT2D eigenvalue weighted by atomic mass is 9.91. The first-order chi connectivity index (χ1) is 7.02. The summed E-state index contributed by atoms with van der Waals surface area (Å²) < 4.78 is 5.57. The number of hydrogen-bond acceptors (Lipinski definition) is 3. The van der Waals surface area contributed by atoms with Gasteiger partial charge in [0.2, 0.25) is 0 Å². The summed E-state index contributed by atoms with van der Waals surface area (Å²) in [6.07, 6.45) is 1.81. The Bertz CT molecular complexity index is 257. The monoisotopic (exact) mass is 212 g/mol. The minimum absolute atomic E-state index is 0.130. The number of amides is 1. The summed E-state index contributed by atoms with van der Waals surface area (Å²) in [6, 6.07) is 0.247. The third-order valence-electron chi connectivity index (χ3n) is 3.52. The molecular formula is C11H20N2O2. The Hall–Kier alpha value is -0.770. The predicted molar refractivity (Wildman–Crippen MR) is 57.8 cm³/mol. The van der Waals surface area contributed by atoms with E-state index in [1.807, 2.05) is 18.7 Å². The Kier molecular flexibility index (Phi) is 2.63. The summed E-state index contributed by atoms with van der Waals surface area (Å²) in [4.78, 5) is 15.8. The molecule has 2 rings (SSSR count). The molecule has 2 fully saturated rings. The molecule has 1 spiro atoms. The van der Waals surface area contributed by atoms with Crippen molar-refractivity contribution >= 4 is 6.09 Å². The fraction of sp³-hybridized carbons (Fsp3) is 0.909. The first-order valence-electron chi connectivity index (χ1n) is 5.71. The average Bonchev–Trinajstić information content (AvgIpc) is 2.50. The third kappa shape index (κ3) is 1.95. The highest BCUT2D eigenvalue weighted by Crippen LogP contribution is 2.33. The van der Waals surface area contributed by atoms with Crippen LogP contribution >= 0.6 is 0 Å². The van der Waals surface area contributed by atoms with Crippen LogP contribution in [0.4, 0.5) is 4.79 Å². The second kappa shape index (κ2) is 3.67. The van der Waals surface area contributed by atoms with Gasteiger partial charge in [0.05, 0.1) is 6.54 Å². The van der Waals surface area contributed by atoms with Crippen LogP contribution in [0, 0.1) is 0 Å². The molecule has 4 nitrogen and oxygen atoms in total. The number of ether oxygens (including phenoxy) is 1. The van der Waals surface area contributed by atoms with Crippen molar-refractivity contribution < 1.29 is 9.53 Å². The molecule has 0 aromatic carbocycles. The highest BCUT2D eigenvalue weighted by molar-refractivity contribution is 5.71. The van der Waals surface area contributed by atoms with Crippen molar-refractivity contribution in [2.24, 2.45) is 0 Å². The van der Waals surface area contributed by atoms with E-state index in [2.05, 4.69) is 11.9 Å². The zero-order valence-corrected chi connectivity index (χ0v) is 9.82. The highest BCUT2D eigenvalue weighted by atomic mass is 16.6. The van der Waals surface area contributed by atoms with Crippen molar-refractivity contribution in [1.29, 1.82) is 0 Å². The maximum absolute atomic E-state index is 11.7. The van der Waals surface area contributed by atoms with Gasteiger partial charge in [-0.05, 0) is 20.9 Å². The van der Waals surface area contributed by atoms with Gasteiger partial charge in [-0.15, -0.1) is 0 Å². The second-order valence-electron chi connectivity index (χ2n) is 5.08. The van der Waals surface area contributed by atoms with Crippen molar-refractivity contribution in [2.75, 3.05) is 26.7 Å². The summed E-state index contributed by atoms with van der Waals surface area (Å²) in [5.41, 5.74) is -0.187. The fourth-order valence-electron chi connectivity index (χ4n) is 2.33. The van der Waals surface area contributed by atoms with Crippen molar-refractivity contribution in [3.63, 3.8) is 0 Å². The van der Waals surface area contributed by atoms with Gasteiger partial charge in [-0.25, -0.2) is 4.79 Å². The van der Waals surface area contributed by atoms with E-state index in [-0.39, 0.29) is 17.7 Å². The van der Waals surface area contributed by atoms with Crippen molar-refractivity contribution in [3.8, 4) is 0 Å². The molecule has 0 N–H and O–H groups in total. The van der Waals surface area contributed by atoms with E-state index in [1.165, 1.54) is 0 Å². The molecule has 2 aliphatic rings. The Morgan fingerprint density at radius 1 is 1.33 bits per heavy atom. The molecule has 1 amide bonds. The van der Waals surface area contributed by atoms with Gasteiger partial charge >= 0.3 is 6.09 Å². The number of hydrogen-bond donors (Lipinski definition) is 0. The van der Waals surface area contributed by atoms with E-state index in [9.17, 15) is 4.79 Å². The van der Waals surface area contributed by atoms with Gasteiger partial charge in [0.1, 0.15) is 5.60 Å². The van der Waals surface area contributed by atoms with Crippen molar-refractivity contribution in [2.45, 2.75) is 38.3 Å². The van der Waals surface area contributed by atoms with E-state index in [0.29, 0.717) is 0 Å². The minimum atomic E-state index is -0.187. The Morgan fingerprint density at radius 3 is 2.40 bits per heavy atom. The molecule has 0 saturated carbocycles. The molecule has 0 radical (unpaired) electrons. The fourth-order valence-corrected chi connectivity index (χ4v) is 2.33. The summed E-state index contributed by atoms with van der Waals surface area (Å²) in [7, 11) is 2.11. The van der Waals surface area contributed by atoms with E-state index >= 15 is 0 Å². The van der Waals surface area contributed by atoms with Gasteiger partial charge < -0.3 is 14.5 Å². The standard InChI is InChI=1S/C11H20N2O2/c1-9(2)13-8-11(15-10(13)14)4-6-12(3)7-5-11/h9H,4-8H2,1-3H3. The van der Waals surface area contributed by atoms with Crippen LogP contribution in [-0.2, 0) is 4.74 Å². The molecule has 2 aliphatic heterocycles. The molecule has 0 aromatic heterocycles. The summed E-state index contributed by atoms with van der Waals surface area (Å²) in [6.45, 7) is 6.90. The highest BCUT2D eigenvalue weighted by Gasteiger charge is 2.47. The lowest BCUT2D eigenvalue weighted by Gasteiger charge is -2.35. The number of rotatable bonds is 1. The van der Waals surface area contributed by atoms with Crippen LogP contribution in [0.15, 0.2) is 0 Å². The smallest absolute Gasteiger partial charge is 0.410 e. The predicted octanol–water partition coefficient (Wildman–Crippen LogP) is 1.31. The molecule has 15 heavy (non-hydrogen) atoms.